The molecule has 1 atom stereocenters. The maximum absolute atomic E-state index is 11.9. The molecular formula is C27H25N5O2. The van der Waals surface area contributed by atoms with Crippen LogP contribution in [0.4, 0.5) is 17.5 Å². The van der Waals surface area contributed by atoms with Gasteiger partial charge < -0.3 is 15.3 Å². The number of carbonyl (C=O) groups is 1. The van der Waals surface area contributed by atoms with Crippen molar-refractivity contribution in [2.75, 3.05) is 16.8 Å². The predicted octanol–water partition coefficient (Wildman–Crippen LogP) is 4.73. The Kier molecular flexibility index (Phi) is 6.16. The summed E-state index contributed by atoms with van der Waals surface area (Å²) in [5.74, 6) is 0.0811. The van der Waals surface area contributed by atoms with Crippen molar-refractivity contribution in [2.45, 2.75) is 25.3 Å². The fraction of sp³-hybridized carbons (Fsp3) is 0.185. The van der Waals surface area contributed by atoms with Crippen LogP contribution >= 0.6 is 0 Å². The van der Waals surface area contributed by atoms with Gasteiger partial charge in [-0.25, -0.2) is 9.78 Å². The molecule has 170 valence electrons. The second-order valence-corrected chi connectivity index (χ2v) is 8.28. The molecule has 3 heterocycles. The van der Waals surface area contributed by atoms with E-state index in [9.17, 15) is 9.90 Å². The Labute approximate surface area is 198 Å². The van der Waals surface area contributed by atoms with Crippen molar-refractivity contribution in [3.8, 4) is 11.3 Å². The Morgan fingerprint density at radius 3 is 2.56 bits per heavy atom. The number of pyridine rings is 1. The third-order valence-electron chi connectivity index (χ3n) is 5.95. The van der Waals surface area contributed by atoms with Crippen LogP contribution in [0.3, 0.4) is 0 Å². The van der Waals surface area contributed by atoms with E-state index in [1.807, 2.05) is 72.9 Å². The van der Waals surface area contributed by atoms with Gasteiger partial charge >= 0.3 is 5.97 Å². The summed E-state index contributed by atoms with van der Waals surface area (Å²) in [6, 6.07) is 22.8. The number of carboxylic acid groups (broad SMARTS) is 1. The number of aliphatic carboxylic acids is 1. The quantitative estimate of drug-likeness (QED) is 0.420. The summed E-state index contributed by atoms with van der Waals surface area (Å²) < 4.78 is 0. The molecule has 0 fully saturated rings. The van der Waals surface area contributed by atoms with E-state index < -0.39 is 12.0 Å². The maximum Gasteiger partial charge on any atom is 0.326 e. The minimum Gasteiger partial charge on any atom is -0.480 e. The second kappa shape index (κ2) is 9.70. The van der Waals surface area contributed by atoms with Crippen LogP contribution in [-0.4, -0.2) is 38.6 Å². The number of carboxylic acids is 1. The molecule has 0 aliphatic carbocycles. The number of nitrogens with one attached hydrogen (secondary N) is 1. The average Bonchev–Trinajstić information content (AvgIpc) is 2.89. The van der Waals surface area contributed by atoms with E-state index in [1.165, 1.54) is 5.56 Å². The van der Waals surface area contributed by atoms with E-state index in [-0.39, 0.29) is 0 Å². The van der Waals surface area contributed by atoms with Crippen molar-refractivity contribution in [3.05, 3.63) is 96.3 Å². The number of aryl methyl sites for hydroxylation is 1. The minimum absolute atomic E-state index is 0.297. The van der Waals surface area contributed by atoms with Crippen LogP contribution in [0.25, 0.3) is 11.3 Å². The summed E-state index contributed by atoms with van der Waals surface area (Å²) in [6.07, 6.45) is 5.90. The van der Waals surface area contributed by atoms with Gasteiger partial charge in [-0.1, -0.05) is 60.7 Å². The highest BCUT2D eigenvalue weighted by molar-refractivity contribution is 5.77. The zero-order valence-electron chi connectivity index (χ0n) is 18.6. The molecule has 0 saturated heterocycles. The molecule has 0 amide bonds. The highest BCUT2D eigenvalue weighted by Crippen LogP contribution is 2.34. The van der Waals surface area contributed by atoms with E-state index in [0.717, 1.165) is 47.7 Å². The van der Waals surface area contributed by atoms with Gasteiger partial charge in [-0.15, -0.1) is 0 Å². The molecule has 0 bridgehead atoms. The van der Waals surface area contributed by atoms with Crippen LogP contribution in [0, 0.1) is 0 Å². The highest BCUT2D eigenvalue weighted by Gasteiger charge is 2.23. The molecule has 0 radical (unpaired) electrons. The summed E-state index contributed by atoms with van der Waals surface area (Å²) in [6.45, 7) is 0.814. The van der Waals surface area contributed by atoms with Crippen molar-refractivity contribution < 1.29 is 9.90 Å². The largest absolute Gasteiger partial charge is 0.480 e. The van der Waals surface area contributed by atoms with Gasteiger partial charge in [0, 0.05) is 36.6 Å². The highest BCUT2D eigenvalue weighted by atomic mass is 16.4. The van der Waals surface area contributed by atoms with Crippen LogP contribution in [0.5, 0.6) is 0 Å². The molecule has 2 aromatic heterocycles. The topological polar surface area (TPSA) is 91.2 Å². The van der Waals surface area contributed by atoms with Gasteiger partial charge in [-0.3, -0.25) is 4.98 Å². The molecule has 0 saturated carbocycles. The third kappa shape index (κ3) is 4.73. The van der Waals surface area contributed by atoms with Gasteiger partial charge in [0.1, 0.15) is 11.9 Å². The van der Waals surface area contributed by atoms with Crippen molar-refractivity contribution in [2.24, 2.45) is 0 Å². The van der Waals surface area contributed by atoms with E-state index in [0.29, 0.717) is 12.4 Å². The molecule has 2 N–H and O–H groups in total. The van der Waals surface area contributed by atoms with E-state index >= 15 is 0 Å². The first-order chi connectivity index (χ1) is 16.7. The average molecular weight is 452 g/mol. The summed E-state index contributed by atoms with van der Waals surface area (Å²) in [5.41, 5.74) is 5.15. The second-order valence-electron chi connectivity index (χ2n) is 8.28. The number of benzene rings is 2. The van der Waals surface area contributed by atoms with E-state index in [4.69, 9.17) is 0 Å². The first kappa shape index (κ1) is 21.6. The van der Waals surface area contributed by atoms with Crippen LogP contribution < -0.4 is 10.2 Å². The first-order valence-electron chi connectivity index (χ1n) is 11.4. The minimum atomic E-state index is -0.945. The monoisotopic (exact) mass is 451 g/mol. The lowest BCUT2D eigenvalue weighted by Gasteiger charge is -2.30. The van der Waals surface area contributed by atoms with Crippen LogP contribution in [-0.2, 0) is 17.6 Å². The molecule has 1 unspecified atom stereocenters. The summed E-state index contributed by atoms with van der Waals surface area (Å²) in [4.78, 5) is 27.7. The SMILES string of the molecule is O=C(O)C(Cc1ccccc1)Nc1nccc(N2CCCc3cnc(-c4ccccc4)cc32)n1. The fourth-order valence-electron chi connectivity index (χ4n) is 4.24. The molecule has 5 rings (SSSR count). The van der Waals surface area contributed by atoms with Crippen molar-refractivity contribution >= 4 is 23.4 Å². The van der Waals surface area contributed by atoms with Crippen molar-refractivity contribution in [3.63, 3.8) is 0 Å². The Morgan fingerprint density at radius 1 is 1.03 bits per heavy atom. The van der Waals surface area contributed by atoms with Gasteiger partial charge in [-0.05, 0) is 36.1 Å². The lowest BCUT2D eigenvalue weighted by atomic mass is 10.0. The number of hydrogen-bond acceptors (Lipinski definition) is 6. The van der Waals surface area contributed by atoms with Crippen LogP contribution in [0.1, 0.15) is 17.5 Å². The molecule has 4 aromatic rings. The number of aromatic nitrogens is 3. The fourth-order valence-corrected chi connectivity index (χ4v) is 4.24. The molecule has 1 aliphatic rings. The molecular weight excluding hydrogens is 426 g/mol. The number of anilines is 3. The summed E-state index contributed by atoms with van der Waals surface area (Å²) >= 11 is 0. The normalized spacial score (nSPS) is 13.7. The van der Waals surface area contributed by atoms with E-state index in [2.05, 4.69) is 31.2 Å². The number of fused-ring (bicyclic) bond motifs is 1. The van der Waals surface area contributed by atoms with E-state index in [1.54, 1.807) is 6.20 Å². The molecule has 2 aromatic carbocycles. The zero-order valence-corrected chi connectivity index (χ0v) is 18.6. The number of hydrogen-bond donors (Lipinski definition) is 2. The van der Waals surface area contributed by atoms with Gasteiger partial charge in [0.05, 0.1) is 5.69 Å². The van der Waals surface area contributed by atoms with Crippen molar-refractivity contribution in [1.29, 1.82) is 0 Å². The molecule has 34 heavy (non-hydrogen) atoms. The van der Waals surface area contributed by atoms with Crippen LogP contribution in [0.2, 0.25) is 0 Å². The lowest BCUT2D eigenvalue weighted by molar-refractivity contribution is -0.137. The Balaban J connectivity index is 1.42. The summed E-state index contributed by atoms with van der Waals surface area (Å²) in [5, 5.41) is 12.8. The number of nitrogens with zero attached hydrogens (tertiary/aromatic N) is 4. The van der Waals surface area contributed by atoms with Crippen molar-refractivity contribution in [1.82, 2.24) is 15.0 Å². The zero-order chi connectivity index (χ0) is 23.3. The smallest absolute Gasteiger partial charge is 0.326 e. The van der Waals surface area contributed by atoms with Gasteiger partial charge in [-0.2, -0.15) is 4.98 Å². The Morgan fingerprint density at radius 2 is 1.79 bits per heavy atom. The maximum atomic E-state index is 11.9. The molecule has 1 aliphatic heterocycles. The first-order valence-corrected chi connectivity index (χ1v) is 11.4. The predicted molar refractivity (Wildman–Crippen MR) is 132 cm³/mol. The summed E-state index contributed by atoms with van der Waals surface area (Å²) in [7, 11) is 0. The number of rotatable bonds is 7. The Bertz CT molecular complexity index is 1280. The van der Waals surface area contributed by atoms with Gasteiger partial charge in [0.25, 0.3) is 0 Å². The standard InChI is InChI=1S/C27H25N5O2/c33-26(34)23(16-19-8-3-1-4-9-19)30-27-28-14-13-25(31-27)32-15-7-12-21-18-29-22(17-24(21)32)20-10-5-2-6-11-20/h1-6,8-11,13-14,17-18,23H,7,12,15-16H2,(H,33,34)(H,28,30,31). The Hall–Kier alpha value is -4.26. The third-order valence-corrected chi connectivity index (χ3v) is 5.95. The molecule has 7 nitrogen and oxygen atoms in total. The molecule has 0 spiro atoms. The molecule has 7 heteroatoms. The van der Waals surface area contributed by atoms with Gasteiger partial charge in [0.2, 0.25) is 5.95 Å². The van der Waals surface area contributed by atoms with Crippen LogP contribution in [0.15, 0.2) is 85.2 Å². The lowest BCUT2D eigenvalue weighted by Crippen LogP contribution is -2.32. The van der Waals surface area contributed by atoms with Gasteiger partial charge in [0.15, 0.2) is 0 Å².